The maximum atomic E-state index is 11.1. The first-order chi connectivity index (χ1) is 13.8. The summed E-state index contributed by atoms with van der Waals surface area (Å²) in [6.07, 6.45) is -0.745. The van der Waals surface area contributed by atoms with Gasteiger partial charge in [0.1, 0.15) is 0 Å². The Kier molecular flexibility index (Phi) is 4.92. The minimum atomic E-state index is -1.30. The number of carbonyl (C=O) groups is 1. The largest absolute Gasteiger partial charge is 0.525 e. The average Bonchev–Trinajstić information content (AvgIpc) is 2.67. The number of ether oxygens (including phenoxy) is 1. The van der Waals surface area contributed by atoms with E-state index in [0.717, 1.165) is 27.4 Å². The van der Waals surface area contributed by atoms with Crippen LogP contribution in [0, 0.1) is 5.41 Å². The fourth-order valence-electron chi connectivity index (χ4n) is 4.15. The molecule has 3 aromatic rings. The molecule has 1 aliphatic rings. The summed E-state index contributed by atoms with van der Waals surface area (Å²) in [6.45, 7) is 7.50. The smallest absolute Gasteiger partial charge is 0.448 e. The molecule has 152 valence electrons. The molecule has 1 unspecified atom stereocenters. The average molecular weight is 394 g/mol. The lowest BCUT2D eigenvalue weighted by Crippen LogP contribution is -2.60. The topological polar surface area (TPSA) is 71.9 Å². The van der Waals surface area contributed by atoms with Crippen LogP contribution in [-0.2, 0) is 16.0 Å². The number of nitrogens with zero attached hydrogens (tertiary/aromatic N) is 2. The highest BCUT2D eigenvalue weighted by molar-refractivity contribution is 6.06. The van der Waals surface area contributed by atoms with E-state index in [0.29, 0.717) is 26.1 Å². The molecule has 1 fully saturated rings. The second-order valence-electron chi connectivity index (χ2n) is 8.61. The number of benzene rings is 2. The van der Waals surface area contributed by atoms with E-state index in [2.05, 4.69) is 39.0 Å². The van der Waals surface area contributed by atoms with Gasteiger partial charge in [-0.1, -0.05) is 63.2 Å². The van der Waals surface area contributed by atoms with Gasteiger partial charge in [0.25, 0.3) is 0 Å². The summed E-state index contributed by atoms with van der Waals surface area (Å²) in [5.74, 6) is 0. The van der Waals surface area contributed by atoms with Crippen LogP contribution in [0.25, 0.3) is 21.7 Å². The van der Waals surface area contributed by atoms with E-state index < -0.39 is 11.8 Å². The van der Waals surface area contributed by atoms with E-state index >= 15 is 0 Å². The zero-order valence-electron chi connectivity index (χ0n) is 17.0. The Hall–Kier alpha value is -2.70. The number of aromatic nitrogens is 1. The van der Waals surface area contributed by atoms with Crippen molar-refractivity contribution in [3.63, 3.8) is 0 Å². The van der Waals surface area contributed by atoms with Crippen molar-refractivity contribution in [2.75, 3.05) is 19.7 Å². The second-order valence-corrected chi connectivity index (χ2v) is 8.61. The second kappa shape index (κ2) is 7.28. The number of para-hydroxylation sites is 1. The Morgan fingerprint density at radius 3 is 2.48 bits per heavy atom. The van der Waals surface area contributed by atoms with Crippen LogP contribution in [0.5, 0.6) is 0 Å². The molecule has 0 spiro atoms. The van der Waals surface area contributed by atoms with Crippen molar-refractivity contribution < 1.29 is 19.5 Å². The van der Waals surface area contributed by atoms with E-state index in [1.165, 1.54) is 5.06 Å². The molecule has 1 aliphatic heterocycles. The molecule has 2 aromatic carbocycles. The van der Waals surface area contributed by atoms with Crippen molar-refractivity contribution in [2.24, 2.45) is 5.41 Å². The third kappa shape index (κ3) is 3.66. The van der Waals surface area contributed by atoms with Gasteiger partial charge in [0.05, 0.1) is 36.5 Å². The van der Waals surface area contributed by atoms with Crippen LogP contribution in [-0.4, -0.2) is 46.6 Å². The van der Waals surface area contributed by atoms with Crippen molar-refractivity contribution in [1.29, 1.82) is 0 Å². The third-order valence-corrected chi connectivity index (χ3v) is 5.87. The predicted octanol–water partition coefficient (Wildman–Crippen LogP) is 4.66. The van der Waals surface area contributed by atoms with Gasteiger partial charge in [-0.25, -0.2) is 4.79 Å². The Bertz CT molecular complexity index is 1060. The standard InChI is InChI=1S/C23H26N2O4/c1-22(2,3)23(15-25(12-13-28-23)29-21(26)27)14-20-18-10-5-4-8-16(18)17-9-6-7-11-19(17)24-20/h4-11H,12-15H2,1-3H3,(H,26,27). The molecule has 1 saturated heterocycles. The number of rotatable bonds is 3. The highest BCUT2D eigenvalue weighted by atomic mass is 16.8. The summed E-state index contributed by atoms with van der Waals surface area (Å²) in [7, 11) is 0. The van der Waals surface area contributed by atoms with E-state index in [-0.39, 0.29) is 5.41 Å². The molecular weight excluding hydrogens is 368 g/mol. The van der Waals surface area contributed by atoms with Crippen molar-refractivity contribution in [1.82, 2.24) is 10.0 Å². The molecule has 6 nitrogen and oxygen atoms in total. The number of hydrogen-bond acceptors (Lipinski definition) is 5. The summed E-state index contributed by atoms with van der Waals surface area (Å²) in [6, 6.07) is 16.4. The minimum absolute atomic E-state index is 0.262. The molecule has 0 bridgehead atoms. The number of morpholine rings is 1. The maximum absolute atomic E-state index is 11.1. The van der Waals surface area contributed by atoms with Crippen molar-refractivity contribution in [3.05, 3.63) is 54.2 Å². The molecular formula is C23H26N2O4. The fraction of sp³-hybridized carbons (Fsp3) is 0.391. The number of hydrogen-bond donors (Lipinski definition) is 1. The summed E-state index contributed by atoms with van der Waals surface area (Å²) in [4.78, 5) is 21.1. The summed E-state index contributed by atoms with van der Waals surface area (Å²) in [5, 5.41) is 13.9. The normalized spacial score (nSPS) is 20.8. The van der Waals surface area contributed by atoms with Crippen LogP contribution in [0.2, 0.25) is 0 Å². The van der Waals surface area contributed by atoms with Crippen LogP contribution in [0.4, 0.5) is 4.79 Å². The van der Waals surface area contributed by atoms with E-state index in [1.54, 1.807) is 0 Å². The molecule has 29 heavy (non-hydrogen) atoms. The molecule has 4 rings (SSSR count). The van der Waals surface area contributed by atoms with Gasteiger partial charge in [-0.2, -0.15) is 0 Å². The number of hydroxylamine groups is 2. The molecule has 1 atom stereocenters. The monoisotopic (exact) mass is 394 g/mol. The maximum Gasteiger partial charge on any atom is 0.525 e. The molecule has 1 N–H and O–H groups in total. The molecule has 6 heteroatoms. The first-order valence-electron chi connectivity index (χ1n) is 9.85. The Labute approximate surface area is 170 Å². The van der Waals surface area contributed by atoms with Gasteiger partial charge >= 0.3 is 6.16 Å². The molecule has 2 heterocycles. The van der Waals surface area contributed by atoms with Gasteiger partial charge in [-0.15, -0.1) is 5.06 Å². The van der Waals surface area contributed by atoms with Gasteiger partial charge in [0, 0.05) is 17.2 Å². The van der Waals surface area contributed by atoms with E-state index in [4.69, 9.17) is 19.7 Å². The van der Waals surface area contributed by atoms with E-state index in [1.807, 2.05) is 30.3 Å². The molecule has 0 aliphatic carbocycles. The fourth-order valence-corrected chi connectivity index (χ4v) is 4.15. The summed E-state index contributed by atoms with van der Waals surface area (Å²) >= 11 is 0. The number of fused-ring (bicyclic) bond motifs is 3. The lowest BCUT2D eigenvalue weighted by atomic mass is 9.72. The van der Waals surface area contributed by atoms with Gasteiger partial charge in [-0.05, 0) is 16.9 Å². The van der Waals surface area contributed by atoms with Gasteiger partial charge in [0.15, 0.2) is 0 Å². The lowest BCUT2D eigenvalue weighted by molar-refractivity contribution is -0.241. The molecule has 0 saturated carbocycles. The highest BCUT2D eigenvalue weighted by Crippen LogP contribution is 2.41. The van der Waals surface area contributed by atoms with Gasteiger partial charge in [0.2, 0.25) is 0 Å². The van der Waals surface area contributed by atoms with Crippen LogP contribution in [0.3, 0.4) is 0 Å². The predicted molar refractivity (Wildman–Crippen MR) is 112 cm³/mol. The lowest BCUT2D eigenvalue weighted by Gasteiger charge is -2.49. The van der Waals surface area contributed by atoms with Gasteiger partial charge in [-0.3, -0.25) is 4.98 Å². The SMILES string of the molecule is CC(C)(C)C1(Cc2nc3ccccc3c3ccccc23)CN(OC(=O)O)CCO1. The molecule has 0 radical (unpaired) electrons. The summed E-state index contributed by atoms with van der Waals surface area (Å²) < 4.78 is 6.35. The zero-order valence-corrected chi connectivity index (χ0v) is 17.0. The number of pyridine rings is 1. The summed E-state index contributed by atoms with van der Waals surface area (Å²) in [5.41, 5.74) is 0.993. The van der Waals surface area contributed by atoms with Crippen LogP contribution in [0.15, 0.2) is 48.5 Å². The zero-order chi connectivity index (χ0) is 20.6. The minimum Gasteiger partial charge on any atom is -0.448 e. The molecule has 1 aromatic heterocycles. The quantitative estimate of drug-likeness (QED) is 0.652. The van der Waals surface area contributed by atoms with Crippen molar-refractivity contribution >= 4 is 27.8 Å². The van der Waals surface area contributed by atoms with Crippen molar-refractivity contribution in [3.8, 4) is 0 Å². The van der Waals surface area contributed by atoms with Gasteiger partial charge < -0.3 is 14.7 Å². The Balaban J connectivity index is 1.82. The number of carboxylic acid groups (broad SMARTS) is 1. The first kappa shape index (κ1) is 19.6. The van der Waals surface area contributed by atoms with Crippen LogP contribution >= 0.6 is 0 Å². The molecule has 0 amide bonds. The van der Waals surface area contributed by atoms with Crippen molar-refractivity contribution in [2.45, 2.75) is 32.8 Å². The third-order valence-electron chi connectivity index (χ3n) is 5.87. The van der Waals surface area contributed by atoms with Crippen LogP contribution in [0.1, 0.15) is 26.5 Å². The van der Waals surface area contributed by atoms with Crippen LogP contribution < -0.4 is 0 Å². The van der Waals surface area contributed by atoms with E-state index in [9.17, 15) is 4.79 Å². The first-order valence-corrected chi connectivity index (χ1v) is 9.85. The Morgan fingerprint density at radius 2 is 1.79 bits per heavy atom. The highest BCUT2D eigenvalue weighted by Gasteiger charge is 2.48. The Morgan fingerprint density at radius 1 is 1.14 bits per heavy atom.